The van der Waals surface area contributed by atoms with Gasteiger partial charge in [0.1, 0.15) is 0 Å². The standard InChI is InChI=1S/C10H16P4/c1-7-9-5-3-2-4-8(9)6-10(7)14(12)13-11/h2-5,7,10,13H,6,11-12H2,1H3/t7-,10+,14?/m0/s1. The zero-order valence-corrected chi connectivity index (χ0v) is 12.5. The van der Waals surface area contributed by atoms with E-state index in [0.29, 0.717) is 0 Å². The van der Waals surface area contributed by atoms with Crippen LogP contribution in [0.4, 0.5) is 0 Å². The molecule has 76 valence electrons. The third kappa shape index (κ3) is 2.06. The molecule has 0 saturated heterocycles. The summed E-state index contributed by atoms with van der Waals surface area (Å²) in [4.78, 5) is 0. The number of rotatable bonds is 2. The van der Waals surface area contributed by atoms with Crippen molar-refractivity contribution >= 4 is 33.1 Å². The van der Waals surface area contributed by atoms with Crippen LogP contribution in [-0.4, -0.2) is 5.66 Å². The first-order valence-electron chi connectivity index (χ1n) is 4.82. The molecule has 6 atom stereocenters. The lowest BCUT2D eigenvalue weighted by Gasteiger charge is -2.22. The summed E-state index contributed by atoms with van der Waals surface area (Å²) in [7, 11) is 7.16. The monoisotopic (exact) mass is 260 g/mol. The molecule has 0 heterocycles. The van der Waals surface area contributed by atoms with E-state index in [1.807, 2.05) is 0 Å². The topological polar surface area (TPSA) is 0 Å². The first kappa shape index (κ1) is 11.4. The highest BCUT2D eigenvalue weighted by atomic mass is 32.6. The van der Waals surface area contributed by atoms with E-state index in [0.717, 1.165) is 19.5 Å². The van der Waals surface area contributed by atoms with Gasteiger partial charge in [-0.15, -0.1) is 17.9 Å². The summed E-state index contributed by atoms with van der Waals surface area (Å²) >= 11 is 0. The van der Waals surface area contributed by atoms with Crippen LogP contribution in [-0.2, 0) is 6.42 Å². The van der Waals surface area contributed by atoms with E-state index in [1.54, 1.807) is 11.1 Å². The molecule has 0 aliphatic heterocycles. The Morgan fingerprint density at radius 2 is 2.14 bits per heavy atom. The minimum Gasteiger partial charge on any atom is -0.110 e. The van der Waals surface area contributed by atoms with Crippen molar-refractivity contribution in [2.75, 3.05) is 0 Å². The van der Waals surface area contributed by atoms with Crippen molar-refractivity contribution in [1.29, 1.82) is 0 Å². The first-order valence-corrected chi connectivity index (χ1v) is 11.5. The molecule has 0 fully saturated rings. The summed E-state index contributed by atoms with van der Waals surface area (Å²) < 4.78 is 0. The Balaban J connectivity index is 2.25. The van der Waals surface area contributed by atoms with Gasteiger partial charge in [0.15, 0.2) is 0 Å². The Morgan fingerprint density at radius 1 is 1.43 bits per heavy atom. The molecular weight excluding hydrogens is 244 g/mol. The number of fused-ring (bicyclic) bond motifs is 1. The van der Waals surface area contributed by atoms with Crippen molar-refractivity contribution in [3.8, 4) is 0 Å². The van der Waals surface area contributed by atoms with E-state index < -0.39 is 0 Å². The van der Waals surface area contributed by atoms with Crippen molar-refractivity contribution in [1.82, 2.24) is 0 Å². The fourth-order valence-electron chi connectivity index (χ4n) is 2.21. The SMILES string of the molecule is C[C@H]1c2ccccc2C[C@H]1P(P)PP. The van der Waals surface area contributed by atoms with Crippen LogP contribution in [0.2, 0.25) is 0 Å². The molecule has 14 heavy (non-hydrogen) atoms. The molecule has 1 aromatic carbocycles. The smallest absolute Gasteiger partial charge is 0.00291 e. The summed E-state index contributed by atoms with van der Waals surface area (Å²) in [5, 5.41) is 0. The highest BCUT2D eigenvalue weighted by molar-refractivity contribution is 8.61. The summed E-state index contributed by atoms with van der Waals surface area (Å²) in [5.41, 5.74) is 4.07. The second-order valence-corrected chi connectivity index (χ2v) is 13.4. The van der Waals surface area contributed by atoms with Gasteiger partial charge in [-0.05, 0) is 29.1 Å². The van der Waals surface area contributed by atoms with Crippen LogP contribution in [0, 0.1) is 0 Å². The van der Waals surface area contributed by atoms with E-state index >= 15 is 0 Å². The maximum Gasteiger partial charge on any atom is -0.00291 e. The van der Waals surface area contributed by atoms with Gasteiger partial charge >= 0.3 is 0 Å². The van der Waals surface area contributed by atoms with Crippen molar-refractivity contribution in [2.24, 2.45) is 0 Å². The van der Waals surface area contributed by atoms with Gasteiger partial charge in [0.2, 0.25) is 0 Å². The Kier molecular flexibility index (Phi) is 3.96. The van der Waals surface area contributed by atoms with Gasteiger partial charge in [-0.2, -0.15) is 0 Å². The molecule has 4 heteroatoms. The van der Waals surface area contributed by atoms with Gasteiger partial charge in [-0.25, -0.2) is 0 Å². The van der Waals surface area contributed by atoms with Crippen LogP contribution in [0.15, 0.2) is 24.3 Å². The fourth-order valence-corrected chi connectivity index (χ4v) is 7.77. The fraction of sp³-hybridized carbons (Fsp3) is 0.400. The zero-order chi connectivity index (χ0) is 10.1. The zero-order valence-electron chi connectivity index (χ0n) is 8.27. The minimum absolute atomic E-state index is 0.142. The van der Waals surface area contributed by atoms with Gasteiger partial charge in [0.25, 0.3) is 0 Å². The third-order valence-electron chi connectivity index (χ3n) is 3.06. The van der Waals surface area contributed by atoms with E-state index in [2.05, 4.69) is 49.0 Å². The molecule has 1 aliphatic rings. The quantitative estimate of drug-likeness (QED) is 0.692. The molecular formula is C10H16P4. The third-order valence-corrected chi connectivity index (χ3v) is 14.4. The molecule has 0 radical (unpaired) electrons. The van der Waals surface area contributed by atoms with Crippen LogP contribution in [0.5, 0.6) is 0 Å². The van der Waals surface area contributed by atoms with Crippen molar-refractivity contribution in [3.05, 3.63) is 35.4 Å². The summed E-state index contributed by atoms with van der Waals surface area (Å²) in [6, 6.07) is 8.94. The molecule has 0 nitrogen and oxygen atoms in total. The average Bonchev–Trinajstić information content (AvgIpc) is 2.56. The molecule has 1 aliphatic carbocycles. The van der Waals surface area contributed by atoms with Gasteiger partial charge in [-0.1, -0.05) is 46.4 Å². The van der Waals surface area contributed by atoms with Crippen LogP contribution < -0.4 is 0 Å². The Hall–Kier alpha value is 0.940. The van der Waals surface area contributed by atoms with Crippen molar-refractivity contribution < 1.29 is 0 Å². The molecule has 1 aromatic rings. The molecule has 0 spiro atoms. The second-order valence-electron chi connectivity index (χ2n) is 3.80. The molecule has 0 aromatic heterocycles. The molecule has 0 amide bonds. The molecule has 4 unspecified atom stereocenters. The number of hydrogen-bond donors (Lipinski definition) is 0. The summed E-state index contributed by atoms with van der Waals surface area (Å²) in [5.74, 6) is 0.767. The lowest BCUT2D eigenvalue weighted by atomic mass is 10.0. The lowest BCUT2D eigenvalue weighted by Crippen LogP contribution is -2.04. The summed E-state index contributed by atoms with van der Waals surface area (Å²) in [6.07, 6.45) is 1.30. The highest BCUT2D eigenvalue weighted by Gasteiger charge is 2.31. The number of benzene rings is 1. The Morgan fingerprint density at radius 3 is 2.79 bits per heavy atom. The maximum absolute atomic E-state index is 3.08. The lowest BCUT2D eigenvalue weighted by molar-refractivity contribution is 0.764. The second kappa shape index (κ2) is 4.85. The Bertz CT molecular complexity index is 326. The van der Waals surface area contributed by atoms with Gasteiger partial charge in [0, 0.05) is 0 Å². The molecule has 0 N–H and O–H groups in total. The van der Waals surface area contributed by atoms with Crippen LogP contribution in [0.25, 0.3) is 0 Å². The van der Waals surface area contributed by atoms with E-state index in [1.165, 1.54) is 6.42 Å². The van der Waals surface area contributed by atoms with Crippen LogP contribution in [0.1, 0.15) is 24.0 Å². The predicted molar refractivity (Wildman–Crippen MR) is 77.0 cm³/mol. The molecule has 2 rings (SSSR count). The summed E-state index contributed by atoms with van der Waals surface area (Å²) in [6.45, 7) is 2.39. The molecule has 0 saturated carbocycles. The average molecular weight is 260 g/mol. The highest BCUT2D eigenvalue weighted by Crippen LogP contribution is 2.72. The van der Waals surface area contributed by atoms with Gasteiger partial charge in [-0.3, -0.25) is 0 Å². The predicted octanol–water partition coefficient (Wildman–Crippen LogP) is 4.37. The van der Waals surface area contributed by atoms with Crippen LogP contribution in [0.3, 0.4) is 0 Å². The normalized spacial score (nSPS) is 28.2. The largest absolute Gasteiger partial charge is 0.110 e. The first-order chi connectivity index (χ1) is 6.74. The van der Waals surface area contributed by atoms with Crippen molar-refractivity contribution in [2.45, 2.75) is 24.9 Å². The number of hydrogen-bond acceptors (Lipinski definition) is 0. The Labute approximate surface area is 93.6 Å². The van der Waals surface area contributed by atoms with Crippen LogP contribution >= 0.6 is 33.1 Å². The van der Waals surface area contributed by atoms with E-state index in [4.69, 9.17) is 0 Å². The minimum atomic E-state index is 0.142. The maximum atomic E-state index is 3.08. The molecule has 0 bridgehead atoms. The van der Waals surface area contributed by atoms with Gasteiger partial charge in [0.05, 0.1) is 0 Å². The van der Waals surface area contributed by atoms with E-state index in [9.17, 15) is 0 Å². The van der Waals surface area contributed by atoms with Gasteiger partial charge < -0.3 is 0 Å². The van der Waals surface area contributed by atoms with E-state index in [-0.39, 0.29) is 7.30 Å². The van der Waals surface area contributed by atoms with Crippen molar-refractivity contribution in [3.63, 3.8) is 0 Å².